The molecule has 28 heavy (non-hydrogen) atoms. The summed E-state index contributed by atoms with van der Waals surface area (Å²) >= 11 is 0. The van der Waals surface area contributed by atoms with Crippen LogP contribution in [0.3, 0.4) is 0 Å². The van der Waals surface area contributed by atoms with E-state index in [0.717, 1.165) is 17.2 Å². The molecule has 7 heteroatoms. The number of hydrogen-bond acceptors (Lipinski definition) is 5. The summed E-state index contributed by atoms with van der Waals surface area (Å²) in [7, 11) is 0. The number of nitrogens with zero attached hydrogens (tertiary/aromatic N) is 2. The molecule has 1 fully saturated rings. The van der Waals surface area contributed by atoms with E-state index in [1.807, 2.05) is 34.1 Å². The molecule has 2 aromatic rings. The Labute approximate surface area is 163 Å². The summed E-state index contributed by atoms with van der Waals surface area (Å²) < 4.78 is 25.0. The smallest absolute Gasteiger partial charge is 0.224 e. The number of hydrogen-bond donors (Lipinski definition) is 1. The molecule has 0 bridgehead atoms. The number of nitrogens with one attached hydrogen (secondary N) is 1. The van der Waals surface area contributed by atoms with Gasteiger partial charge in [-0.1, -0.05) is 12.1 Å². The first kappa shape index (κ1) is 18.4. The molecule has 0 atom stereocenters. The summed E-state index contributed by atoms with van der Waals surface area (Å²) in [4.78, 5) is 16.3. The molecule has 1 amide bonds. The second-order valence-electron chi connectivity index (χ2n) is 6.85. The van der Waals surface area contributed by atoms with Crippen LogP contribution in [-0.4, -0.2) is 56.7 Å². The van der Waals surface area contributed by atoms with Gasteiger partial charge in [0.05, 0.1) is 5.69 Å². The highest BCUT2D eigenvalue weighted by Crippen LogP contribution is 2.32. The highest BCUT2D eigenvalue weighted by atomic mass is 19.1. The number of piperazine rings is 1. The molecule has 0 aliphatic carbocycles. The molecule has 0 unspecified atom stereocenters. The van der Waals surface area contributed by atoms with Crippen LogP contribution in [0.4, 0.5) is 15.8 Å². The lowest BCUT2D eigenvalue weighted by molar-refractivity contribution is -0.131. The van der Waals surface area contributed by atoms with E-state index in [9.17, 15) is 9.18 Å². The third kappa shape index (κ3) is 4.13. The molecule has 1 saturated heterocycles. The molecule has 0 aromatic heterocycles. The Morgan fingerprint density at radius 2 is 1.75 bits per heavy atom. The lowest BCUT2D eigenvalue weighted by Gasteiger charge is -2.36. The van der Waals surface area contributed by atoms with Crippen molar-refractivity contribution in [1.29, 1.82) is 0 Å². The van der Waals surface area contributed by atoms with Gasteiger partial charge in [0.25, 0.3) is 0 Å². The summed E-state index contributed by atoms with van der Waals surface area (Å²) in [5.41, 5.74) is 1.51. The van der Waals surface area contributed by atoms with Gasteiger partial charge in [-0.25, -0.2) is 4.39 Å². The minimum atomic E-state index is -0.217. The first-order chi connectivity index (χ1) is 13.7. The van der Waals surface area contributed by atoms with Crippen molar-refractivity contribution in [1.82, 2.24) is 4.90 Å². The number of ether oxygens (including phenoxy) is 2. The van der Waals surface area contributed by atoms with Gasteiger partial charge in [0, 0.05) is 50.9 Å². The van der Waals surface area contributed by atoms with Gasteiger partial charge < -0.3 is 24.6 Å². The van der Waals surface area contributed by atoms with Gasteiger partial charge in [0.1, 0.15) is 19.0 Å². The van der Waals surface area contributed by atoms with Crippen LogP contribution in [0, 0.1) is 5.82 Å². The van der Waals surface area contributed by atoms with Crippen LogP contribution in [0.25, 0.3) is 0 Å². The average molecular weight is 385 g/mol. The maximum Gasteiger partial charge on any atom is 0.224 e. The van der Waals surface area contributed by atoms with E-state index in [0.29, 0.717) is 58.0 Å². The summed E-state index contributed by atoms with van der Waals surface area (Å²) in [6.07, 6.45) is 0.411. The van der Waals surface area contributed by atoms with Gasteiger partial charge in [-0.15, -0.1) is 0 Å². The first-order valence-electron chi connectivity index (χ1n) is 9.61. The Bertz CT molecular complexity index is 837. The summed E-state index contributed by atoms with van der Waals surface area (Å²) in [5, 5.41) is 3.26. The second kappa shape index (κ2) is 8.37. The molecular formula is C21H24FN3O3. The van der Waals surface area contributed by atoms with Crippen LogP contribution in [0.2, 0.25) is 0 Å². The van der Waals surface area contributed by atoms with Gasteiger partial charge in [-0.05, 0) is 24.3 Å². The number of halogens is 1. The molecule has 0 spiro atoms. The van der Waals surface area contributed by atoms with E-state index >= 15 is 0 Å². The largest absolute Gasteiger partial charge is 0.486 e. The minimum absolute atomic E-state index is 0.109. The van der Waals surface area contributed by atoms with Crippen molar-refractivity contribution >= 4 is 17.3 Å². The molecule has 2 heterocycles. The zero-order valence-corrected chi connectivity index (χ0v) is 15.7. The molecule has 0 radical (unpaired) electrons. The summed E-state index contributed by atoms with van der Waals surface area (Å²) in [6.45, 7) is 4.16. The minimum Gasteiger partial charge on any atom is -0.486 e. The van der Waals surface area contributed by atoms with Crippen molar-refractivity contribution in [2.24, 2.45) is 0 Å². The van der Waals surface area contributed by atoms with Gasteiger partial charge in [0.2, 0.25) is 5.91 Å². The number of fused-ring (bicyclic) bond motifs is 1. The number of para-hydroxylation sites is 1. The van der Waals surface area contributed by atoms with Crippen LogP contribution in [0.5, 0.6) is 11.5 Å². The van der Waals surface area contributed by atoms with Gasteiger partial charge in [-0.2, -0.15) is 0 Å². The predicted octanol–water partition coefficient (Wildman–Crippen LogP) is 2.75. The number of benzene rings is 2. The van der Waals surface area contributed by atoms with Gasteiger partial charge in [-0.3, -0.25) is 4.79 Å². The molecule has 2 aliphatic heterocycles. The van der Waals surface area contributed by atoms with E-state index in [1.165, 1.54) is 6.07 Å². The number of anilines is 2. The summed E-state index contributed by atoms with van der Waals surface area (Å²) in [6, 6.07) is 12.5. The van der Waals surface area contributed by atoms with E-state index in [-0.39, 0.29) is 11.7 Å². The van der Waals surface area contributed by atoms with Crippen LogP contribution in [0.1, 0.15) is 6.42 Å². The molecule has 148 valence electrons. The average Bonchev–Trinajstić information content (AvgIpc) is 2.74. The molecule has 2 aliphatic rings. The van der Waals surface area contributed by atoms with Crippen LogP contribution in [-0.2, 0) is 4.79 Å². The maximum absolute atomic E-state index is 13.9. The Morgan fingerprint density at radius 1 is 1.00 bits per heavy atom. The number of amides is 1. The number of carbonyl (C=O) groups excluding carboxylic acids is 1. The maximum atomic E-state index is 13.9. The van der Waals surface area contributed by atoms with Crippen molar-refractivity contribution in [2.45, 2.75) is 6.42 Å². The lowest BCUT2D eigenvalue weighted by Crippen LogP contribution is -2.49. The standard InChI is InChI=1S/C21H24FN3O3/c22-17-3-1-2-4-18(17)24-9-11-25(12-10-24)21(26)7-8-23-16-5-6-19-20(15-16)28-14-13-27-19/h1-6,15,23H,7-14H2. The molecule has 4 rings (SSSR count). The van der Waals surface area contributed by atoms with E-state index in [1.54, 1.807) is 12.1 Å². The normalized spacial score (nSPS) is 16.0. The fraction of sp³-hybridized carbons (Fsp3) is 0.381. The van der Waals surface area contributed by atoms with Gasteiger partial charge >= 0.3 is 0 Å². The quantitative estimate of drug-likeness (QED) is 0.858. The van der Waals surface area contributed by atoms with Crippen molar-refractivity contribution in [3.05, 3.63) is 48.3 Å². The zero-order chi connectivity index (χ0) is 19.3. The van der Waals surface area contributed by atoms with E-state index < -0.39 is 0 Å². The first-order valence-corrected chi connectivity index (χ1v) is 9.61. The Hall–Kier alpha value is -2.96. The lowest BCUT2D eigenvalue weighted by atomic mass is 10.2. The third-order valence-electron chi connectivity index (χ3n) is 5.04. The van der Waals surface area contributed by atoms with Crippen LogP contribution < -0.4 is 19.7 Å². The third-order valence-corrected chi connectivity index (χ3v) is 5.04. The molecule has 6 nitrogen and oxygen atoms in total. The van der Waals surface area contributed by atoms with Crippen molar-refractivity contribution in [3.8, 4) is 11.5 Å². The number of rotatable bonds is 5. The Balaban J connectivity index is 1.23. The zero-order valence-electron chi connectivity index (χ0n) is 15.7. The molecular weight excluding hydrogens is 361 g/mol. The molecule has 2 aromatic carbocycles. The van der Waals surface area contributed by atoms with Crippen molar-refractivity contribution in [2.75, 3.05) is 56.2 Å². The predicted molar refractivity (Wildman–Crippen MR) is 106 cm³/mol. The highest BCUT2D eigenvalue weighted by Gasteiger charge is 2.22. The summed E-state index contributed by atoms with van der Waals surface area (Å²) in [5.74, 6) is 1.37. The van der Waals surface area contributed by atoms with Crippen molar-refractivity contribution < 1.29 is 18.7 Å². The SMILES string of the molecule is O=C(CCNc1ccc2c(c1)OCCO2)N1CCN(c2ccccc2F)CC1. The molecule has 0 saturated carbocycles. The van der Waals surface area contributed by atoms with Gasteiger partial charge in [0.15, 0.2) is 11.5 Å². The fourth-order valence-electron chi connectivity index (χ4n) is 3.53. The van der Waals surface area contributed by atoms with E-state index in [4.69, 9.17) is 9.47 Å². The van der Waals surface area contributed by atoms with Crippen LogP contribution >= 0.6 is 0 Å². The fourth-order valence-corrected chi connectivity index (χ4v) is 3.53. The topological polar surface area (TPSA) is 54.0 Å². The van der Waals surface area contributed by atoms with Crippen LogP contribution in [0.15, 0.2) is 42.5 Å². The Kier molecular flexibility index (Phi) is 5.50. The molecule has 1 N–H and O–H groups in total. The number of carbonyl (C=O) groups is 1. The monoisotopic (exact) mass is 385 g/mol. The Morgan fingerprint density at radius 3 is 2.54 bits per heavy atom. The highest BCUT2D eigenvalue weighted by molar-refractivity contribution is 5.77. The van der Waals surface area contributed by atoms with E-state index in [2.05, 4.69) is 5.32 Å². The second-order valence-corrected chi connectivity index (χ2v) is 6.85. The van der Waals surface area contributed by atoms with Crippen molar-refractivity contribution in [3.63, 3.8) is 0 Å².